The second kappa shape index (κ2) is 5.27. The Morgan fingerprint density at radius 2 is 2.00 bits per heavy atom. The largest absolute Gasteiger partial charge is 0.510 e. The number of alkyl halides is 2. The molecule has 5 heteroatoms. The lowest BCUT2D eigenvalue weighted by atomic mass is 10.8. The monoisotopic (exact) mass is 140 g/mol. The topological polar surface area (TPSA) is 35.5 Å². The average molecular weight is 140 g/mol. The maximum atomic E-state index is 11.2. The highest BCUT2D eigenvalue weighted by Gasteiger charge is 2.00. The van der Waals surface area contributed by atoms with E-state index in [4.69, 9.17) is 0 Å². The molecule has 0 fully saturated rings. The molecular formula is C4H6F2O3. The molecule has 0 amide bonds. The van der Waals surface area contributed by atoms with Gasteiger partial charge in [-0.05, 0) is 0 Å². The maximum absolute atomic E-state index is 11.2. The van der Waals surface area contributed by atoms with Crippen LogP contribution < -0.4 is 0 Å². The number of carbonyl (C=O) groups is 1. The molecule has 0 unspecified atom stereocenters. The minimum atomic E-state index is -1.24. The predicted octanol–water partition coefficient (Wildman–Crippen LogP) is 1.04. The van der Waals surface area contributed by atoms with Gasteiger partial charge in [0.25, 0.3) is 0 Å². The van der Waals surface area contributed by atoms with Crippen LogP contribution in [0.5, 0.6) is 0 Å². The molecule has 0 saturated carbocycles. The summed E-state index contributed by atoms with van der Waals surface area (Å²) in [6, 6.07) is 0. The Morgan fingerprint density at radius 3 is 2.44 bits per heavy atom. The van der Waals surface area contributed by atoms with Crippen LogP contribution >= 0.6 is 0 Å². The zero-order chi connectivity index (χ0) is 7.11. The van der Waals surface area contributed by atoms with Gasteiger partial charge in [0.1, 0.15) is 13.3 Å². The fraction of sp³-hybridized carbons (Fsp3) is 0.750. The van der Waals surface area contributed by atoms with Crippen molar-refractivity contribution < 1.29 is 23.0 Å². The Balaban J connectivity index is 3.06. The molecule has 0 aromatic heterocycles. The lowest BCUT2D eigenvalue weighted by Crippen LogP contribution is -2.08. The number of hydrogen-bond acceptors (Lipinski definition) is 3. The first kappa shape index (κ1) is 8.13. The van der Waals surface area contributed by atoms with Crippen LogP contribution in [0.25, 0.3) is 0 Å². The van der Waals surface area contributed by atoms with Gasteiger partial charge in [-0.1, -0.05) is 0 Å². The zero-order valence-electron chi connectivity index (χ0n) is 4.60. The Bertz CT molecular complexity index is 85.9. The molecular weight excluding hydrogens is 134 g/mol. The number of carbonyl (C=O) groups excluding carboxylic acids is 1. The molecule has 0 aromatic carbocycles. The Kier molecular flexibility index (Phi) is 4.76. The molecule has 0 aliphatic carbocycles. The minimum Gasteiger partial charge on any atom is -0.431 e. The molecule has 0 heterocycles. The van der Waals surface area contributed by atoms with Gasteiger partial charge in [0.05, 0.1) is 0 Å². The lowest BCUT2D eigenvalue weighted by molar-refractivity contribution is 0.0240. The summed E-state index contributed by atoms with van der Waals surface area (Å²) in [5, 5.41) is 0. The number of ether oxygens (including phenoxy) is 2. The van der Waals surface area contributed by atoms with E-state index in [2.05, 4.69) is 9.47 Å². The summed E-state index contributed by atoms with van der Waals surface area (Å²) in [4.78, 5) is 9.95. The standard InChI is InChI=1S/C4H6F2O3/c5-1-2-8-4(7)9-3-6/h1-3H2. The van der Waals surface area contributed by atoms with Crippen LogP contribution in [0.4, 0.5) is 13.6 Å². The van der Waals surface area contributed by atoms with Crippen molar-refractivity contribution in [3.63, 3.8) is 0 Å². The molecule has 54 valence electrons. The first-order valence-corrected chi connectivity index (χ1v) is 2.22. The summed E-state index contributed by atoms with van der Waals surface area (Å²) >= 11 is 0. The first-order chi connectivity index (χ1) is 4.31. The highest BCUT2D eigenvalue weighted by Crippen LogP contribution is 1.84. The Hall–Kier alpha value is -0.870. The number of rotatable bonds is 3. The molecule has 0 spiro atoms. The summed E-state index contributed by atoms with van der Waals surface area (Å²) < 4.78 is 29.8. The van der Waals surface area contributed by atoms with Crippen molar-refractivity contribution in [3.8, 4) is 0 Å². The molecule has 0 aliphatic rings. The van der Waals surface area contributed by atoms with Crippen molar-refractivity contribution in [2.75, 3.05) is 20.1 Å². The van der Waals surface area contributed by atoms with E-state index in [0.717, 1.165) is 0 Å². The van der Waals surface area contributed by atoms with Gasteiger partial charge in [-0.2, -0.15) is 0 Å². The quantitative estimate of drug-likeness (QED) is 0.549. The van der Waals surface area contributed by atoms with Gasteiger partial charge in [-0.25, -0.2) is 13.6 Å². The normalized spacial score (nSPS) is 8.67. The van der Waals surface area contributed by atoms with E-state index in [9.17, 15) is 13.6 Å². The van der Waals surface area contributed by atoms with Crippen LogP contribution in [-0.2, 0) is 9.47 Å². The van der Waals surface area contributed by atoms with Crippen molar-refractivity contribution in [1.29, 1.82) is 0 Å². The highest BCUT2D eigenvalue weighted by atomic mass is 19.1. The number of halogens is 2. The Labute approximate surface area is 50.6 Å². The van der Waals surface area contributed by atoms with Crippen molar-refractivity contribution in [2.45, 2.75) is 0 Å². The van der Waals surface area contributed by atoms with Crippen molar-refractivity contribution in [3.05, 3.63) is 0 Å². The van der Waals surface area contributed by atoms with E-state index in [1.165, 1.54) is 0 Å². The first-order valence-electron chi connectivity index (χ1n) is 2.22. The fourth-order valence-corrected chi connectivity index (χ4v) is 0.208. The van der Waals surface area contributed by atoms with E-state index in [-0.39, 0.29) is 0 Å². The molecule has 0 radical (unpaired) electrons. The van der Waals surface area contributed by atoms with Crippen LogP contribution in [-0.4, -0.2) is 26.3 Å². The van der Waals surface area contributed by atoms with Gasteiger partial charge >= 0.3 is 6.16 Å². The molecule has 0 saturated heterocycles. The second-order valence-corrected chi connectivity index (χ2v) is 1.04. The smallest absolute Gasteiger partial charge is 0.431 e. The molecule has 0 rings (SSSR count). The zero-order valence-corrected chi connectivity index (χ0v) is 4.60. The summed E-state index contributed by atoms with van der Waals surface area (Å²) in [5.74, 6) is 0. The number of hydrogen-bond donors (Lipinski definition) is 0. The van der Waals surface area contributed by atoms with Gasteiger partial charge in [0.2, 0.25) is 6.86 Å². The highest BCUT2D eigenvalue weighted by molar-refractivity contribution is 5.59. The van der Waals surface area contributed by atoms with E-state index in [1.807, 2.05) is 0 Å². The summed E-state index contributed by atoms with van der Waals surface area (Å²) in [6.07, 6.45) is -1.19. The van der Waals surface area contributed by atoms with Crippen LogP contribution in [0, 0.1) is 0 Å². The van der Waals surface area contributed by atoms with Crippen LogP contribution in [0.1, 0.15) is 0 Å². The second-order valence-electron chi connectivity index (χ2n) is 1.04. The van der Waals surface area contributed by atoms with Crippen LogP contribution in [0.3, 0.4) is 0 Å². The van der Waals surface area contributed by atoms with Crippen LogP contribution in [0.15, 0.2) is 0 Å². The molecule has 9 heavy (non-hydrogen) atoms. The summed E-state index contributed by atoms with van der Waals surface area (Å²) in [7, 11) is 0. The van der Waals surface area contributed by atoms with Gasteiger partial charge in [-0.15, -0.1) is 0 Å². The molecule has 0 bridgehead atoms. The third kappa shape index (κ3) is 4.99. The molecule has 3 nitrogen and oxygen atoms in total. The maximum Gasteiger partial charge on any atom is 0.510 e. The lowest BCUT2D eigenvalue weighted by Gasteiger charge is -1.98. The van der Waals surface area contributed by atoms with Gasteiger partial charge in [-0.3, -0.25) is 0 Å². The van der Waals surface area contributed by atoms with Gasteiger partial charge in [0.15, 0.2) is 0 Å². The predicted molar refractivity (Wildman–Crippen MR) is 24.4 cm³/mol. The molecule has 0 N–H and O–H groups in total. The average Bonchev–Trinajstić information content (AvgIpc) is 1.85. The third-order valence-electron chi connectivity index (χ3n) is 0.469. The van der Waals surface area contributed by atoms with E-state index in [1.54, 1.807) is 0 Å². The van der Waals surface area contributed by atoms with Crippen molar-refractivity contribution in [2.24, 2.45) is 0 Å². The summed E-state index contributed by atoms with van der Waals surface area (Å²) in [6.45, 7) is -2.43. The van der Waals surface area contributed by atoms with E-state index < -0.39 is 26.3 Å². The SMILES string of the molecule is O=C(OCF)OCCF. The van der Waals surface area contributed by atoms with E-state index >= 15 is 0 Å². The van der Waals surface area contributed by atoms with Gasteiger partial charge in [0, 0.05) is 0 Å². The van der Waals surface area contributed by atoms with Crippen molar-refractivity contribution in [1.82, 2.24) is 0 Å². The molecule has 0 atom stereocenters. The Morgan fingerprint density at radius 1 is 1.33 bits per heavy atom. The van der Waals surface area contributed by atoms with Crippen molar-refractivity contribution >= 4 is 6.16 Å². The van der Waals surface area contributed by atoms with Crippen LogP contribution in [0.2, 0.25) is 0 Å². The molecule has 0 aromatic rings. The fourth-order valence-electron chi connectivity index (χ4n) is 0.208. The van der Waals surface area contributed by atoms with Gasteiger partial charge < -0.3 is 9.47 Å². The molecule has 0 aliphatic heterocycles. The third-order valence-corrected chi connectivity index (χ3v) is 0.469. The summed E-state index contributed by atoms with van der Waals surface area (Å²) in [5.41, 5.74) is 0. The minimum absolute atomic E-state index is 0.390. The van der Waals surface area contributed by atoms with E-state index in [0.29, 0.717) is 0 Å².